The molecule has 0 radical (unpaired) electrons. The molecule has 2 rings (SSSR count). The van der Waals surface area contributed by atoms with Crippen molar-refractivity contribution in [2.24, 2.45) is 0 Å². The van der Waals surface area contributed by atoms with Gasteiger partial charge in [0.15, 0.2) is 11.5 Å². The highest BCUT2D eigenvalue weighted by molar-refractivity contribution is 5.43. The van der Waals surface area contributed by atoms with Gasteiger partial charge in [-0.05, 0) is 31.7 Å². The Morgan fingerprint density at radius 2 is 2.00 bits per heavy atom. The van der Waals surface area contributed by atoms with E-state index in [0.29, 0.717) is 6.04 Å². The van der Waals surface area contributed by atoms with Crippen LogP contribution in [-0.4, -0.2) is 33.5 Å². The lowest BCUT2D eigenvalue weighted by atomic mass is 10.1. The fourth-order valence-electron chi connectivity index (χ4n) is 2.19. The van der Waals surface area contributed by atoms with Gasteiger partial charge in [-0.1, -0.05) is 6.07 Å². The third kappa shape index (κ3) is 3.61. The Bertz CT molecular complexity index is 402. The number of hydrogen-bond donors (Lipinski definition) is 1. The monoisotopic (exact) mass is 265 g/mol. The molecule has 0 aromatic heterocycles. The number of nitrogens with one attached hydrogen (secondary N) is 1. The molecule has 19 heavy (non-hydrogen) atoms. The summed E-state index contributed by atoms with van der Waals surface area (Å²) in [6, 6.07) is 6.41. The fourth-order valence-corrected chi connectivity index (χ4v) is 2.19. The number of benzene rings is 1. The van der Waals surface area contributed by atoms with Crippen LogP contribution in [0.15, 0.2) is 18.2 Å². The van der Waals surface area contributed by atoms with E-state index in [1.165, 1.54) is 5.56 Å². The molecule has 0 aliphatic carbocycles. The molecule has 1 aromatic rings. The molecule has 4 nitrogen and oxygen atoms in total. The van der Waals surface area contributed by atoms with Crippen LogP contribution in [0.2, 0.25) is 0 Å². The SMILES string of the molecule is CNC(C)c1ccc(OC2CCOCC2)c(OC)c1. The van der Waals surface area contributed by atoms with Gasteiger partial charge in [-0.3, -0.25) is 0 Å². The van der Waals surface area contributed by atoms with E-state index >= 15 is 0 Å². The molecule has 1 atom stereocenters. The van der Waals surface area contributed by atoms with Gasteiger partial charge in [0.05, 0.1) is 20.3 Å². The molecule has 1 aromatic carbocycles. The number of ether oxygens (including phenoxy) is 3. The summed E-state index contributed by atoms with van der Waals surface area (Å²) in [6.45, 7) is 3.68. The zero-order chi connectivity index (χ0) is 13.7. The Morgan fingerprint density at radius 1 is 1.26 bits per heavy atom. The van der Waals surface area contributed by atoms with E-state index in [2.05, 4.69) is 18.3 Å². The minimum Gasteiger partial charge on any atom is -0.493 e. The highest BCUT2D eigenvalue weighted by Gasteiger charge is 2.18. The van der Waals surface area contributed by atoms with Crippen molar-refractivity contribution in [3.8, 4) is 11.5 Å². The van der Waals surface area contributed by atoms with Crippen molar-refractivity contribution in [3.63, 3.8) is 0 Å². The third-order valence-corrected chi connectivity index (χ3v) is 3.58. The first-order chi connectivity index (χ1) is 9.24. The first-order valence-corrected chi connectivity index (χ1v) is 6.84. The molecule has 0 amide bonds. The Morgan fingerprint density at radius 3 is 2.63 bits per heavy atom. The van der Waals surface area contributed by atoms with Crippen LogP contribution < -0.4 is 14.8 Å². The molecule has 1 saturated heterocycles. The zero-order valence-corrected chi connectivity index (χ0v) is 11.9. The van der Waals surface area contributed by atoms with Crippen LogP contribution in [0, 0.1) is 0 Å². The molecule has 1 N–H and O–H groups in total. The predicted octanol–water partition coefficient (Wildman–Crippen LogP) is 2.53. The number of methoxy groups -OCH3 is 1. The average molecular weight is 265 g/mol. The summed E-state index contributed by atoms with van der Waals surface area (Å²) >= 11 is 0. The van der Waals surface area contributed by atoms with Crippen molar-refractivity contribution in [2.45, 2.75) is 31.9 Å². The molecular formula is C15H23NO3. The smallest absolute Gasteiger partial charge is 0.161 e. The summed E-state index contributed by atoms with van der Waals surface area (Å²) in [5.74, 6) is 1.62. The number of rotatable bonds is 5. The third-order valence-electron chi connectivity index (χ3n) is 3.58. The van der Waals surface area contributed by atoms with Crippen molar-refractivity contribution < 1.29 is 14.2 Å². The van der Waals surface area contributed by atoms with Crippen molar-refractivity contribution in [2.75, 3.05) is 27.4 Å². The molecule has 0 bridgehead atoms. The van der Waals surface area contributed by atoms with Gasteiger partial charge in [0.25, 0.3) is 0 Å². The maximum absolute atomic E-state index is 6.02. The molecule has 1 aliphatic rings. The normalized spacial score (nSPS) is 18.1. The van der Waals surface area contributed by atoms with E-state index < -0.39 is 0 Å². The van der Waals surface area contributed by atoms with Crippen molar-refractivity contribution in [3.05, 3.63) is 23.8 Å². The van der Waals surface area contributed by atoms with Crippen molar-refractivity contribution in [1.82, 2.24) is 5.32 Å². The second-order valence-corrected chi connectivity index (χ2v) is 4.85. The van der Waals surface area contributed by atoms with Crippen molar-refractivity contribution >= 4 is 0 Å². The molecule has 1 unspecified atom stereocenters. The summed E-state index contributed by atoms with van der Waals surface area (Å²) < 4.78 is 16.8. The van der Waals surface area contributed by atoms with E-state index in [4.69, 9.17) is 14.2 Å². The summed E-state index contributed by atoms with van der Waals surface area (Å²) in [6.07, 6.45) is 2.12. The van der Waals surface area contributed by atoms with Gasteiger partial charge in [0.2, 0.25) is 0 Å². The van der Waals surface area contributed by atoms with E-state index in [1.807, 2.05) is 19.2 Å². The second kappa shape index (κ2) is 6.78. The molecule has 1 fully saturated rings. The van der Waals surface area contributed by atoms with Gasteiger partial charge < -0.3 is 19.5 Å². The quantitative estimate of drug-likeness (QED) is 0.888. The summed E-state index contributed by atoms with van der Waals surface area (Å²) in [5, 5.41) is 3.22. The Labute approximate surface area is 115 Å². The molecule has 0 saturated carbocycles. The van der Waals surface area contributed by atoms with E-state index in [-0.39, 0.29) is 6.10 Å². The minimum atomic E-state index is 0.232. The van der Waals surface area contributed by atoms with Gasteiger partial charge in [-0.2, -0.15) is 0 Å². The summed E-state index contributed by atoms with van der Waals surface area (Å²) in [5.41, 5.74) is 1.19. The summed E-state index contributed by atoms with van der Waals surface area (Å²) in [7, 11) is 3.63. The Kier molecular flexibility index (Phi) is 5.05. The molecule has 1 heterocycles. The topological polar surface area (TPSA) is 39.7 Å². The molecule has 106 valence electrons. The molecule has 1 aliphatic heterocycles. The molecular weight excluding hydrogens is 242 g/mol. The van der Waals surface area contributed by atoms with E-state index in [9.17, 15) is 0 Å². The lowest BCUT2D eigenvalue weighted by Gasteiger charge is -2.24. The molecule has 0 spiro atoms. The van der Waals surface area contributed by atoms with Crippen LogP contribution in [0.4, 0.5) is 0 Å². The van der Waals surface area contributed by atoms with Crippen molar-refractivity contribution in [1.29, 1.82) is 0 Å². The highest BCUT2D eigenvalue weighted by Crippen LogP contribution is 2.32. The van der Waals surface area contributed by atoms with Crippen LogP contribution >= 0.6 is 0 Å². The van der Waals surface area contributed by atoms with E-state index in [0.717, 1.165) is 37.6 Å². The maximum Gasteiger partial charge on any atom is 0.161 e. The fraction of sp³-hybridized carbons (Fsp3) is 0.600. The predicted molar refractivity (Wildman–Crippen MR) is 74.9 cm³/mol. The first kappa shape index (κ1) is 14.2. The van der Waals surface area contributed by atoms with Crippen LogP contribution in [0.5, 0.6) is 11.5 Å². The van der Waals surface area contributed by atoms with Gasteiger partial charge in [-0.15, -0.1) is 0 Å². The summed E-state index contributed by atoms with van der Waals surface area (Å²) in [4.78, 5) is 0. The lowest BCUT2D eigenvalue weighted by Crippen LogP contribution is -2.26. The van der Waals surface area contributed by atoms with Gasteiger partial charge >= 0.3 is 0 Å². The minimum absolute atomic E-state index is 0.232. The average Bonchev–Trinajstić information content (AvgIpc) is 2.48. The Hall–Kier alpha value is -1.26. The first-order valence-electron chi connectivity index (χ1n) is 6.84. The standard InChI is InChI=1S/C15H23NO3/c1-11(16-2)12-4-5-14(15(10-12)17-3)19-13-6-8-18-9-7-13/h4-5,10-11,13,16H,6-9H2,1-3H3. The van der Waals surface area contributed by atoms with Crippen LogP contribution in [0.25, 0.3) is 0 Å². The highest BCUT2D eigenvalue weighted by atomic mass is 16.5. The Balaban J connectivity index is 2.11. The largest absolute Gasteiger partial charge is 0.493 e. The number of hydrogen-bond acceptors (Lipinski definition) is 4. The van der Waals surface area contributed by atoms with Gasteiger partial charge in [0, 0.05) is 18.9 Å². The second-order valence-electron chi connectivity index (χ2n) is 4.85. The maximum atomic E-state index is 6.02. The van der Waals surface area contributed by atoms with E-state index in [1.54, 1.807) is 7.11 Å². The van der Waals surface area contributed by atoms with Crippen LogP contribution in [0.1, 0.15) is 31.4 Å². The van der Waals surface area contributed by atoms with Gasteiger partial charge in [0.1, 0.15) is 6.10 Å². The zero-order valence-electron chi connectivity index (χ0n) is 11.9. The van der Waals surface area contributed by atoms with Crippen LogP contribution in [-0.2, 0) is 4.74 Å². The lowest BCUT2D eigenvalue weighted by molar-refractivity contribution is 0.0245. The van der Waals surface area contributed by atoms with Crippen LogP contribution in [0.3, 0.4) is 0 Å². The molecule has 4 heteroatoms. The van der Waals surface area contributed by atoms with Gasteiger partial charge in [-0.25, -0.2) is 0 Å².